The Morgan fingerprint density at radius 1 is 0.913 bits per heavy atom. The van der Waals surface area contributed by atoms with E-state index >= 15 is 0 Å². The maximum absolute atomic E-state index is 14.5. The Balaban J connectivity index is 0.889. The number of alkyl carbamates (subject to hydrolysis) is 1. The number of hydrogen-bond acceptors (Lipinski definition) is 21. The van der Waals surface area contributed by atoms with Gasteiger partial charge < -0.3 is 79.8 Å². The minimum absolute atomic E-state index is 0.0439. The number of rotatable bonds is 33. The van der Waals surface area contributed by atoms with E-state index in [2.05, 4.69) is 49.0 Å². The average Bonchev–Trinajstić information content (AvgIpc) is 1.57. The number of ketones is 1. The maximum atomic E-state index is 14.5. The molecule has 3 aromatic rings. The van der Waals surface area contributed by atoms with Crippen LogP contribution in [0.1, 0.15) is 103 Å². The number of epoxide rings is 1. The quantitative estimate of drug-likeness (QED) is 0.0116. The van der Waals surface area contributed by atoms with Gasteiger partial charge in [0.05, 0.1) is 57.8 Å². The smallest absolute Gasteiger partial charge is 0.410 e. The van der Waals surface area contributed by atoms with Gasteiger partial charge in [0.25, 0.3) is 0 Å². The number of allylic oxidation sites excluding steroid dienone is 3. The number of hydrazine groups is 1. The van der Waals surface area contributed by atoms with Crippen molar-refractivity contribution in [2.75, 3.05) is 110 Å². The van der Waals surface area contributed by atoms with E-state index in [4.69, 9.17) is 55.2 Å². The number of nitrogens with two attached hydrogens (primary N) is 1. The number of fused-ring (bicyclic) bond motifs is 6. The standard InChI is InChI=1S/C73H104ClN11O18/c1-44(2)65(80-62(88)27-31-98-33-34-99-32-29-77-61(87)26-30-85-53(42-82(8)76-7)38-50-18-13-14-20-54(50)85)56(86)39-51(19-16-28-78-69(75)92)67(90)79-52-24-22-48(23-25-52)43-100-71(94)83(9)47(5)68(91)102-60-40-63(89)84(10)55-36-49(37-57(96-11)64(55)74)35-45(3)17-15-21-59(97-12)73(95)41-58(101-70(93)81-73)46(4)66-72(60,6)103-66/h13-15,17-18,20-25,36-37,44,46-47,51,53,58-60,65-66,76,95H,16,19,26-35,38-43H2,1-12H3,(H,77,87)(H,79,90)(H,80,88)(H,81,93)(H3,75,78,92)/b21-15+,45-17+/t46-,47+,51-,53?,58+,59-,60+,65+,66+,72-,73+/m1/s1. The van der Waals surface area contributed by atoms with Crippen molar-refractivity contribution >= 4 is 82.3 Å². The molecule has 566 valence electrons. The summed E-state index contributed by atoms with van der Waals surface area (Å²) in [5, 5.41) is 27.7. The zero-order valence-electron chi connectivity index (χ0n) is 61.1. The van der Waals surface area contributed by atoms with Gasteiger partial charge in [-0.3, -0.25) is 39.6 Å². The Labute approximate surface area is 607 Å². The summed E-state index contributed by atoms with van der Waals surface area (Å²) in [4.78, 5) is 126. The summed E-state index contributed by atoms with van der Waals surface area (Å²) in [5.74, 6) is -4.37. The first-order chi connectivity index (χ1) is 49.0. The van der Waals surface area contributed by atoms with E-state index < -0.39 is 108 Å². The van der Waals surface area contributed by atoms with Gasteiger partial charge in [0.1, 0.15) is 47.3 Å². The highest BCUT2D eigenvalue weighted by Gasteiger charge is 2.64. The number of primary amides is 1. The second-order valence-electron chi connectivity index (χ2n) is 27.2. The average molecular weight is 1460 g/mol. The molecule has 7 rings (SSSR count). The SMILES string of the molecule is CNN(C)CC1Cc2ccccc2N1CCC(=O)NCCOCCOCCC(=O)N[C@H](C(=O)C[C@@H](CCCNC(N)=O)C(=O)Nc1ccc(COC(=O)N(C)[C@@H](C)C(=O)O[C@H]2CC(=O)N(C)c3cc(cc(OC)c3Cl)C/C(C)=C/C=C/[C@@H](OC)[C@@]3(O)C[C@H](OC(=O)N3)[C@@H](C)[C@@H]3O[C@]23C)cc1)C(C)C. The van der Waals surface area contributed by atoms with Gasteiger partial charge in [0.15, 0.2) is 11.5 Å². The molecule has 11 atom stereocenters. The zero-order chi connectivity index (χ0) is 75.3. The second-order valence-corrected chi connectivity index (χ2v) is 27.6. The van der Waals surface area contributed by atoms with Gasteiger partial charge in [-0.1, -0.05) is 86.5 Å². The van der Waals surface area contributed by atoms with E-state index in [0.29, 0.717) is 55.0 Å². The van der Waals surface area contributed by atoms with Crippen LogP contribution in [-0.2, 0) is 81.4 Å². The van der Waals surface area contributed by atoms with Gasteiger partial charge in [-0.15, -0.1) is 0 Å². The third-order valence-electron chi connectivity index (χ3n) is 19.2. The van der Waals surface area contributed by atoms with Crippen LogP contribution in [0, 0.1) is 17.8 Å². The van der Waals surface area contributed by atoms with Crippen molar-refractivity contribution in [1.82, 2.24) is 36.6 Å². The molecule has 4 aliphatic rings. The van der Waals surface area contributed by atoms with E-state index in [1.807, 2.05) is 44.2 Å². The first-order valence-electron chi connectivity index (χ1n) is 34.9. The monoisotopic (exact) mass is 1460 g/mol. The number of halogens is 1. The van der Waals surface area contributed by atoms with Crippen molar-refractivity contribution in [3.8, 4) is 5.75 Å². The molecular weight excluding hydrogens is 1350 g/mol. The van der Waals surface area contributed by atoms with Crippen LogP contribution in [0.3, 0.4) is 0 Å². The molecule has 3 aromatic carbocycles. The minimum atomic E-state index is -1.91. The molecule has 0 saturated carbocycles. The van der Waals surface area contributed by atoms with Gasteiger partial charge in [-0.25, -0.2) is 24.2 Å². The van der Waals surface area contributed by atoms with Gasteiger partial charge in [0, 0.05) is 109 Å². The lowest BCUT2D eigenvalue weighted by Gasteiger charge is -2.42. The number of hydrogen-bond donors (Lipinski definition) is 8. The van der Waals surface area contributed by atoms with E-state index in [1.54, 1.807) is 76.2 Å². The highest BCUT2D eigenvalue weighted by molar-refractivity contribution is 6.35. The molecular formula is C73H104ClN11O18. The number of likely N-dealkylation sites (N-methyl/N-ethyl adjacent to an activating group) is 2. The van der Waals surface area contributed by atoms with E-state index in [9.17, 15) is 48.3 Å². The van der Waals surface area contributed by atoms with Crippen LogP contribution >= 0.6 is 11.6 Å². The lowest BCUT2D eigenvalue weighted by Crippen LogP contribution is -2.63. The Kier molecular flexibility index (Phi) is 30.5. The highest BCUT2D eigenvalue weighted by atomic mass is 35.5. The van der Waals surface area contributed by atoms with Crippen LogP contribution in [-0.4, -0.2) is 217 Å². The summed E-state index contributed by atoms with van der Waals surface area (Å²) < 4.78 is 46.5. The molecule has 2 fully saturated rings. The second kappa shape index (κ2) is 38.4. The number of carbonyl (C=O) groups is 9. The van der Waals surface area contributed by atoms with E-state index in [1.165, 1.54) is 45.7 Å². The zero-order valence-corrected chi connectivity index (χ0v) is 61.9. The molecule has 0 radical (unpaired) electrons. The normalized spacial score (nSPS) is 23.4. The highest BCUT2D eigenvalue weighted by Crippen LogP contribution is 2.49. The topological polar surface area (TPSA) is 362 Å². The fourth-order valence-corrected chi connectivity index (χ4v) is 13.2. The van der Waals surface area contributed by atoms with Crippen molar-refractivity contribution in [3.63, 3.8) is 0 Å². The number of benzene rings is 3. The number of anilines is 3. The number of nitrogens with one attached hydrogen (secondary N) is 6. The number of para-hydroxylation sites is 1. The summed E-state index contributed by atoms with van der Waals surface area (Å²) in [5.41, 5.74) is 10.4. The summed E-state index contributed by atoms with van der Waals surface area (Å²) in [6.45, 7) is 12.6. The first-order valence-corrected chi connectivity index (χ1v) is 35.3. The van der Waals surface area contributed by atoms with Crippen molar-refractivity contribution in [3.05, 3.63) is 106 Å². The molecule has 0 aliphatic carbocycles. The number of urea groups is 1. The van der Waals surface area contributed by atoms with Crippen LogP contribution in [0.15, 0.2) is 84.5 Å². The number of esters is 1. The number of carbonyl (C=O) groups excluding carboxylic acids is 9. The number of nitrogens with zero attached hydrogens (tertiary/aromatic N) is 4. The molecule has 9 N–H and O–H groups in total. The predicted molar refractivity (Wildman–Crippen MR) is 385 cm³/mol. The lowest BCUT2D eigenvalue weighted by molar-refractivity contribution is -0.158. The van der Waals surface area contributed by atoms with Crippen LogP contribution in [0.4, 0.5) is 31.4 Å². The summed E-state index contributed by atoms with van der Waals surface area (Å²) in [6.07, 6.45) is 0.580. The van der Waals surface area contributed by atoms with Crippen molar-refractivity contribution in [1.29, 1.82) is 0 Å². The Morgan fingerprint density at radius 2 is 1.63 bits per heavy atom. The minimum Gasteiger partial charge on any atom is -0.495 e. The molecule has 29 nitrogen and oxygen atoms in total. The Morgan fingerprint density at radius 3 is 2.32 bits per heavy atom. The van der Waals surface area contributed by atoms with Crippen LogP contribution in [0.2, 0.25) is 5.02 Å². The van der Waals surface area contributed by atoms with Crippen molar-refractivity contribution in [2.45, 2.75) is 160 Å². The molecule has 2 saturated heterocycles. The fraction of sp³-hybridized carbons (Fsp3) is 0.575. The maximum Gasteiger partial charge on any atom is 0.410 e. The third kappa shape index (κ3) is 23.0. The Bertz CT molecular complexity index is 3510. The van der Waals surface area contributed by atoms with Gasteiger partial charge in [-0.2, -0.15) is 0 Å². The molecule has 4 aliphatic heterocycles. The molecule has 0 aromatic heterocycles. The van der Waals surface area contributed by atoms with Crippen LogP contribution < -0.4 is 52.3 Å². The number of amides is 8. The largest absolute Gasteiger partial charge is 0.495 e. The summed E-state index contributed by atoms with van der Waals surface area (Å²) >= 11 is 6.86. The number of aliphatic hydroxyl groups is 1. The fourth-order valence-electron chi connectivity index (χ4n) is 12.9. The van der Waals surface area contributed by atoms with Crippen molar-refractivity contribution in [2.24, 2.45) is 23.5 Å². The third-order valence-corrected chi connectivity index (χ3v) is 19.6. The summed E-state index contributed by atoms with van der Waals surface area (Å²) in [7, 11) is 9.61. The van der Waals surface area contributed by atoms with Gasteiger partial charge in [0.2, 0.25) is 23.6 Å². The Hall–Kier alpha value is -8.42. The molecule has 30 heteroatoms. The molecule has 4 bridgehead atoms. The van der Waals surface area contributed by atoms with Crippen LogP contribution in [0.5, 0.6) is 5.75 Å². The summed E-state index contributed by atoms with van der Waals surface area (Å²) in [6, 6.07) is 15.4. The molecule has 103 heavy (non-hydrogen) atoms. The molecule has 1 unspecified atom stereocenters. The van der Waals surface area contributed by atoms with E-state index in [0.717, 1.165) is 34.7 Å². The molecule has 0 spiro atoms. The molecule has 4 heterocycles. The number of ether oxygens (including phenoxy) is 8. The predicted octanol–water partition coefficient (Wildman–Crippen LogP) is 5.86. The van der Waals surface area contributed by atoms with Gasteiger partial charge >= 0.3 is 24.2 Å². The van der Waals surface area contributed by atoms with Gasteiger partial charge in [-0.05, 0) is 106 Å². The van der Waals surface area contributed by atoms with Crippen LogP contribution in [0.25, 0.3) is 0 Å². The lowest BCUT2D eigenvalue weighted by atomic mass is 9.83. The number of methoxy groups -OCH3 is 2. The van der Waals surface area contributed by atoms with Crippen molar-refractivity contribution < 1.29 is 86.2 Å². The first kappa shape index (κ1) is 81.9. The number of Topliss-reactive ketones (excluding diaryl/α,β-unsaturated/α-hetero) is 1. The molecule has 8 amide bonds. The van der Waals surface area contributed by atoms with E-state index in [-0.39, 0.29) is 93.9 Å².